The highest BCUT2D eigenvalue weighted by Gasteiger charge is 2.31. The molecule has 0 atom stereocenters. The molecule has 0 spiro atoms. The Morgan fingerprint density at radius 2 is 1.58 bits per heavy atom. The zero-order valence-electron chi connectivity index (χ0n) is 18.0. The number of sulfonamides is 1. The molecule has 7 heteroatoms. The quantitative estimate of drug-likeness (QED) is 0.545. The molecule has 0 saturated carbocycles. The number of hydrogen-bond donors (Lipinski definition) is 0. The number of benzene rings is 3. The molecule has 0 aliphatic carbocycles. The molecular formula is C24H25NO5S. The van der Waals surface area contributed by atoms with E-state index >= 15 is 0 Å². The Hall–Kier alpha value is -3.32. The summed E-state index contributed by atoms with van der Waals surface area (Å²) in [4.78, 5) is 13.2. The summed E-state index contributed by atoms with van der Waals surface area (Å²) in [6.07, 6.45) is 0. The number of ether oxygens (including phenoxy) is 2. The number of rotatable bonds is 7. The highest BCUT2D eigenvalue weighted by molar-refractivity contribution is 7.93. The second-order valence-electron chi connectivity index (χ2n) is 7.17. The lowest BCUT2D eigenvalue weighted by Crippen LogP contribution is -2.40. The molecule has 0 unspecified atom stereocenters. The van der Waals surface area contributed by atoms with E-state index in [1.54, 1.807) is 30.3 Å². The summed E-state index contributed by atoms with van der Waals surface area (Å²) in [6, 6.07) is 18.0. The number of amides is 1. The number of nitrogens with zero attached hydrogens (tertiary/aromatic N) is 1. The molecule has 0 radical (unpaired) electrons. The van der Waals surface area contributed by atoms with Crippen molar-refractivity contribution in [3.8, 4) is 11.5 Å². The van der Waals surface area contributed by atoms with Crippen LogP contribution < -0.4 is 13.8 Å². The average Bonchev–Trinajstić information content (AvgIpc) is 2.76. The Morgan fingerprint density at radius 1 is 0.935 bits per heavy atom. The first-order chi connectivity index (χ1) is 14.7. The maximum absolute atomic E-state index is 13.3. The van der Waals surface area contributed by atoms with Crippen molar-refractivity contribution in [2.45, 2.75) is 25.7 Å². The fraction of sp³-hybridized carbons (Fsp3) is 0.208. The van der Waals surface area contributed by atoms with Gasteiger partial charge in [-0.3, -0.25) is 4.79 Å². The van der Waals surface area contributed by atoms with Gasteiger partial charge in [-0.15, -0.1) is 0 Å². The van der Waals surface area contributed by atoms with Crippen LogP contribution in [-0.4, -0.2) is 28.0 Å². The van der Waals surface area contributed by atoms with E-state index in [1.807, 2.05) is 32.9 Å². The SMILES string of the molecule is COc1ccc(N(C(=O)COc2cc(C)cc(C)c2C)S(=O)(=O)c2ccccc2)cc1. The second-order valence-corrected chi connectivity index (χ2v) is 8.95. The molecule has 0 aromatic heterocycles. The highest BCUT2D eigenvalue weighted by Crippen LogP contribution is 2.27. The van der Waals surface area contributed by atoms with Gasteiger partial charge in [0.05, 0.1) is 17.7 Å². The third-order valence-electron chi connectivity index (χ3n) is 4.93. The average molecular weight is 440 g/mol. The van der Waals surface area contributed by atoms with Crippen LogP contribution in [0.2, 0.25) is 0 Å². The minimum Gasteiger partial charge on any atom is -0.497 e. The van der Waals surface area contributed by atoms with E-state index in [-0.39, 0.29) is 10.6 Å². The number of methoxy groups -OCH3 is 1. The smallest absolute Gasteiger partial charge is 0.278 e. The monoisotopic (exact) mass is 439 g/mol. The molecule has 0 fully saturated rings. The lowest BCUT2D eigenvalue weighted by atomic mass is 10.1. The van der Waals surface area contributed by atoms with Crippen molar-refractivity contribution in [1.29, 1.82) is 0 Å². The maximum Gasteiger partial charge on any atom is 0.278 e. The number of carbonyl (C=O) groups is 1. The van der Waals surface area contributed by atoms with Gasteiger partial charge in [-0.25, -0.2) is 8.42 Å². The van der Waals surface area contributed by atoms with Crippen LogP contribution in [0.25, 0.3) is 0 Å². The summed E-state index contributed by atoms with van der Waals surface area (Å²) in [5, 5.41) is 0. The Bertz CT molecular complexity index is 1170. The number of aryl methyl sites for hydroxylation is 2. The fourth-order valence-corrected chi connectivity index (χ4v) is 4.61. The topological polar surface area (TPSA) is 72.9 Å². The molecule has 0 heterocycles. The molecule has 6 nitrogen and oxygen atoms in total. The summed E-state index contributed by atoms with van der Waals surface area (Å²) in [5.74, 6) is 0.403. The Morgan fingerprint density at radius 3 is 2.19 bits per heavy atom. The van der Waals surface area contributed by atoms with Crippen LogP contribution in [0.1, 0.15) is 16.7 Å². The van der Waals surface area contributed by atoms with Gasteiger partial charge in [-0.2, -0.15) is 4.31 Å². The molecule has 1 amide bonds. The van der Waals surface area contributed by atoms with Gasteiger partial charge in [0.15, 0.2) is 6.61 Å². The van der Waals surface area contributed by atoms with Gasteiger partial charge in [-0.1, -0.05) is 24.3 Å². The van der Waals surface area contributed by atoms with Crippen LogP contribution in [0.15, 0.2) is 71.6 Å². The summed E-state index contributed by atoms with van der Waals surface area (Å²) >= 11 is 0. The van der Waals surface area contributed by atoms with Crippen LogP contribution in [0.3, 0.4) is 0 Å². The van der Waals surface area contributed by atoms with Crippen molar-refractivity contribution in [2.75, 3.05) is 18.0 Å². The van der Waals surface area contributed by atoms with Gasteiger partial charge in [0.1, 0.15) is 11.5 Å². The largest absolute Gasteiger partial charge is 0.497 e. The van der Waals surface area contributed by atoms with Crippen molar-refractivity contribution in [3.05, 3.63) is 83.4 Å². The first-order valence-electron chi connectivity index (χ1n) is 9.72. The third-order valence-corrected chi connectivity index (χ3v) is 6.69. The van der Waals surface area contributed by atoms with Crippen LogP contribution >= 0.6 is 0 Å². The molecule has 3 aromatic rings. The predicted octanol–water partition coefficient (Wildman–Crippen LogP) is 4.42. The van der Waals surface area contributed by atoms with E-state index in [2.05, 4.69) is 0 Å². The zero-order valence-corrected chi connectivity index (χ0v) is 18.8. The van der Waals surface area contributed by atoms with Crippen molar-refractivity contribution in [2.24, 2.45) is 0 Å². The normalized spacial score (nSPS) is 11.1. The van der Waals surface area contributed by atoms with Crippen LogP contribution in [0.4, 0.5) is 5.69 Å². The summed E-state index contributed by atoms with van der Waals surface area (Å²) in [7, 11) is -2.63. The molecule has 0 aliphatic heterocycles. The van der Waals surface area contributed by atoms with Crippen LogP contribution in [0, 0.1) is 20.8 Å². The molecule has 0 saturated heterocycles. The molecule has 3 rings (SSSR count). The summed E-state index contributed by atoms with van der Waals surface area (Å²) < 4.78 is 38.3. The van der Waals surface area contributed by atoms with Gasteiger partial charge in [0.2, 0.25) is 0 Å². The minimum absolute atomic E-state index is 0.0155. The lowest BCUT2D eigenvalue weighted by Gasteiger charge is -2.23. The minimum atomic E-state index is -4.14. The number of anilines is 1. The third kappa shape index (κ3) is 4.88. The Balaban J connectivity index is 1.97. The number of hydrogen-bond acceptors (Lipinski definition) is 5. The molecular weight excluding hydrogens is 414 g/mol. The lowest BCUT2D eigenvalue weighted by molar-refractivity contribution is -0.119. The van der Waals surface area contributed by atoms with Gasteiger partial charge in [0, 0.05) is 0 Å². The van der Waals surface area contributed by atoms with Gasteiger partial charge in [-0.05, 0) is 79.9 Å². The first-order valence-corrected chi connectivity index (χ1v) is 11.2. The molecule has 3 aromatic carbocycles. The van der Waals surface area contributed by atoms with Crippen LogP contribution in [-0.2, 0) is 14.8 Å². The van der Waals surface area contributed by atoms with Gasteiger partial charge >= 0.3 is 0 Å². The molecule has 0 aliphatic rings. The molecule has 0 N–H and O–H groups in total. The van der Waals surface area contributed by atoms with Gasteiger partial charge in [0.25, 0.3) is 15.9 Å². The predicted molar refractivity (Wildman–Crippen MR) is 120 cm³/mol. The standard InChI is InChI=1S/C24H25NO5S/c1-17-14-18(2)19(3)23(15-17)30-16-24(26)25(20-10-12-21(29-4)13-11-20)31(27,28)22-8-6-5-7-9-22/h5-15H,16H2,1-4H3. The van der Waals surface area contributed by atoms with E-state index in [4.69, 9.17) is 9.47 Å². The second kappa shape index (κ2) is 9.22. The van der Waals surface area contributed by atoms with Crippen molar-refractivity contribution >= 4 is 21.6 Å². The van der Waals surface area contributed by atoms with E-state index in [1.165, 1.54) is 31.4 Å². The molecule has 0 bridgehead atoms. The Kier molecular flexibility index (Phi) is 6.65. The Labute approximate surface area is 183 Å². The molecule has 162 valence electrons. The van der Waals surface area contributed by atoms with Crippen LogP contribution in [0.5, 0.6) is 11.5 Å². The molecule has 31 heavy (non-hydrogen) atoms. The van der Waals surface area contributed by atoms with E-state index < -0.39 is 22.5 Å². The van der Waals surface area contributed by atoms with E-state index in [9.17, 15) is 13.2 Å². The first kappa shape index (κ1) is 22.4. The van der Waals surface area contributed by atoms with Crippen molar-refractivity contribution < 1.29 is 22.7 Å². The van der Waals surface area contributed by atoms with E-state index in [0.717, 1.165) is 21.0 Å². The van der Waals surface area contributed by atoms with Crippen molar-refractivity contribution in [3.63, 3.8) is 0 Å². The van der Waals surface area contributed by atoms with Crippen molar-refractivity contribution in [1.82, 2.24) is 0 Å². The number of carbonyl (C=O) groups excluding carboxylic acids is 1. The maximum atomic E-state index is 13.3. The zero-order chi connectivity index (χ0) is 22.6. The highest BCUT2D eigenvalue weighted by atomic mass is 32.2. The fourth-order valence-electron chi connectivity index (χ4n) is 3.18. The summed E-state index contributed by atoms with van der Waals surface area (Å²) in [6.45, 7) is 5.36. The van der Waals surface area contributed by atoms with E-state index in [0.29, 0.717) is 11.5 Å². The summed E-state index contributed by atoms with van der Waals surface area (Å²) in [5.41, 5.74) is 3.14. The van der Waals surface area contributed by atoms with Gasteiger partial charge < -0.3 is 9.47 Å².